The molecule has 0 fully saturated rings. The fourth-order valence-electron chi connectivity index (χ4n) is 2.04. The van der Waals surface area contributed by atoms with Crippen LogP contribution in [0.25, 0.3) is 0 Å². The normalized spacial score (nSPS) is 10.4. The molecule has 3 rings (SSSR count). The van der Waals surface area contributed by atoms with Crippen LogP contribution in [0.4, 0.5) is 9.52 Å². The molecular weight excluding hydrogens is 345 g/mol. The molecule has 0 spiro atoms. The Bertz CT molecular complexity index is 860. The van der Waals surface area contributed by atoms with Crippen LogP contribution in [0.1, 0.15) is 21.8 Å². The topological polar surface area (TPSA) is 84.2 Å². The van der Waals surface area contributed by atoms with E-state index in [1.807, 2.05) is 0 Å². The first-order valence-electron chi connectivity index (χ1n) is 7.40. The van der Waals surface area contributed by atoms with Crippen molar-refractivity contribution in [2.24, 2.45) is 0 Å². The van der Waals surface area contributed by atoms with Gasteiger partial charge in [-0.05, 0) is 36.4 Å². The molecule has 0 atom stereocenters. The maximum atomic E-state index is 12.9. The third-order valence-electron chi connectivity index (χ3n) is 3.26. The van der Waals surface area contributed by atoms with Gasteiger partial charge in [-0.25, -0.2) is 9.37 Å². The van der Waals surface area contributed by atoms with Crippen molar-refractivity contribution < 1.29 is 18.4 Å². The van der Waals surface area contributed by atoms with Crippen molar-refractivity contribution in [2.45, 2.75) is 13.0 Å². The summed E-state index contributed by atoms with van der Waals surface area (Å²) in [5.41, 5.74) is 0.880. The Morgan fingerprint density at radius 1 is 1.20 bits per heavy atom. The van der Waals surface area contributed by atoms with Gasteiger partial charge in [0.25, 0.3) is 5.91 Å². The average Bonchev–Trinajstić information content (AvgIpc) is 3.25. The summed E-state index contributed by atoms with van der Waals surface area (Å²) < 4.78 is 18.0. The number of rotatable bonds is 6. The molecule has 2 aromatic heterocycles. The summed E-state index contributed by atoms with van der Waals surface area (Å²) >= 11 is 1.22. The zero-order chi connectivity index (χ0) is 17.6. The Labute approximate surface area is 146 Å². The summed E-state index contributed by atoms with van der Waals surface area (Å²) in [6, 6.07) is 8.73. The highest BCUT2D eigenvalue weighted by Gasteiger charge is 2.11. The molecule has 0 radical (unpaired) electrons. The van der Waals surface area contributed by atoms with Crippen LogP contribution in [0, 0.1) is 5.82 Å². The van der Waals surface area contributed by atoms with E-state index in [1.54, 1.807) is 17.5 Å². The van der Waals surface area contributed by atoms with E-state index in [9.17, 15) is 14.0 Å². The summed E-state index contributed by atoms with van der Waals surface area (Å²) in [5, 5.41) is 7.43. The van der Waals surface area contributed by atoms with E-state index in [0.29, 0.717) is 28.7 Å². The fourth-order valence-corrected chi connectivity index (χ4v) is 2.75. The van der Waals surface area contributed by atoms with E-state index in [0.717, 1.165) is 0 Å². The molecule has 0 aliphatic carbocycles. The lowest BCUT2D eigenvalue weighted by Gasteiger charge is -2.02. The van der Waals surface area contributed by atoms with Gasteiger partial charge in [-0.15, -0.1) is 11.3 Å². The summed E-state index contributed by atoms with van der Waals surface area (Å²) in [7, 11) is 0. The fraction of sp³-hybridized carbons (Fsp3) is 0.118. The van der Waals surface area contributed by atoms with Gasteiger partial charge >= 0.3 is 0 Å². The minimum absolute atomic E-state index is 0.101. The maximum absolute atomic E-state index is 12.9. The van der Waals surface area contributed by atoms with Crippen molar-refractivity contribution in [2.75, 3.05) is 5.32 Å². The van der Waals surface area contributed by atoms with Crippen molar-refractivity contribution in [1.82, 2.24) is 10.3 Å². The molecule has 0 unspecified atom stereocenters. The maximum Gasteiger partial charge on any atom is 0.257 e. The van der Waals surface area contributed by atoms with Crippen LogP contribution >= 0.6 is 11.3 Å². The first kappa shape index (κ1) is 16.8. The van der Waals surface area contributed by atoms with Gasteiger partial charge in [-0.1, -0.05) is 0 Å². The predicted molar refractivity (Wildman–Crippen MR) is 90.7 cm³/mol. The molecule has 128 valence electrons. The number of hydrogen-bond acceptors (Lipinski definition) is 5. The largest absolute Gasteiger partial charge is 0.467 e. The molecule has 0 aliphatic rings. The van der Waals surface area contributed by atoms with Gasteiger partial charge in [0.05, 0.1) is 24.9 Å². The van der Waals surface area contributed by atoms with E-state index in [1.165, 1.54) is 41.9 Å². The van der Waals surface area contributed by atoms with Gasteiger partial charge in [-0.2, -0.15) is 0 Å². The molecule has 2 amide bonds. The average molecular weight is 359 g/mol. The molecule has 8 heteroatoms. The zero-order valence-corrected chi connectivity index (χ0v) is 13.8. The summed E-state index contributed by atoms with van der Waals surface area (Å²) in [6.07, 6.45) is 1.64. The molecule has 0 saturated heterocycles. The monoisotopic (exact) mass is 359 g/mol. The van der Waals surface area contributed by atoms with Crippen molar-refractivity contribution in [1.29, 1.82) is 0 Å². The summed E-state index contributed by atoms with van der Waals surface area (Å²) in [6.45, 7) is 0.310. The lowest BCUT2D eigenvalue weighted by Crippen LogP contribution is -2.24. The van der Waals surface area contributed by atoms with Gasteiger partial charge in [0.15, 0.2) is 5.13 Å². The minimum Gasteiger partial charge on any atom is -0.467 e. The SMILES string of the molecule is O=C(Cc1csc(NC(=O)c2ccc(F)cc2)n1)NCc1ccco1. The van der Waals surface area contributed by atoms with Crippen molar-refractivity contribution in [3.05, 3.63) is 70.9 Å². The van der Waals surface area contributed by atoms with Crippen molar-refractivity contribution in [3.8, 4) is 0 Å². The number of carbonyl (C=O) groups is 2. The first-order chi connectivity index (χ1) is 12.1. The van der Waals surface area contributed by atoms with Crippen LogP contribution in [0.5, 0.6) is 0 Å². The summed E-state index contributed by atoms with van der Waals surface area (Å²) in [4.78, 5) is 28.1. The molecule has 2 N–H and O–H groups in total. The number of halogens is 1. The van der Waals surface area contributed by atoms with Gasteiger partial charge in [0, 0.05) is 10.9 Å². The molecular formula is C17H14FN3O3S. The molecule has 6 nitrogen and oxygen atoms in total. The van der Waals surface area contributed by atoms with Gasteiger partial charge in [0.1, 0.15) is 11.6 Å². The van der Waals surface area contributed by atoms with Crippen LogP contribution in [0.15, 0.2) is 52.5 Å². The number of nitrogens with zero attached hydrogens (tertiary/aromatic N) is 1. The van der Waals surface area contributed by atoms with E-state index >= 15 is 0 Å². The Kier molecular flexibility index (Phi) is 5.20. The second-order valence-electron chi connectivity index (χ2n) is 5.14. The third-order valence-corrected chi connectivity index (χ3v) is 4.07. The lowest BCUT2D eigenvalue weighted by molar-refractivity contribution is -0.120. The number of hydrogen-bond donors (Lipinski definition) is 2. The number of anilines is 1. The highest BCUT2D eigenvalue weighted by molar-refractivity contribution is 7.14. The second-order valence-corrected chi connectivity index (χ2v) is 6.00. The molecule has 1 aromatic carbocycles. The minimum atomic E-state index is -0.409. The first-order valence-corrected chi connectivity index (χ1v) is 8.28. The Morgan fingerprint density at radius 3 is 2.72 bits per heavy atom. The van der Waals surface area contributed by atoms with E-state index in [-0.39, 0.29) is 18.2 Å². The number of nitrogens with one attached hydrogen (secondary N) is 2. The number of amides is 2. The van der Waals surface area contributed by atoms with Gasteiger partial charge < -0.3 is 9.73 Å². The number of carbonyl (C=O) groups excluding carboxylic acids is 2. The van der Waals surface area contributed by atoms with E-state index in [4.69, 9.17) is 4.42 Å². The highest BCUT2D eigenvalue weighted by Crippen LogP contribution is 2.17. The Balaban J connectivity index is 1.52. The molecule has 3 aromatic rings. The molecule has 25 heavy (non-hydrogen) atoms. The van der Waals surface area contributed by atoms with Crippen LogP contribution in [-0.4, -0.2) is 16.8 Å². The van der Waals surface area contributed by atoms with Gasteiger partial charge in [-0.3, -0.25) is 14.9 Å². The van der Waals surface area contributed by atoms with Crippen molar-refractivity contribution in [3.63, 3.8) is 0 Å². The van der Waals surface area contributed by atoms with Gasteiger partial charge in [0.2, 0.25) is 5.91 Å². The van der Waals surface area contributed by atoms with Crippen molar-refractivity contribution >= 4 is 28.3 Å². The highest BCUT2D eigenvalue weighted by atomic mass is 32.1. The van der Waals surface area contributed by atoms with Crippen LogP contribution < -0.4 is 10.6 Å². The predicted octanol–water partition coefficient (Wildman–Crippen LogP) is 2.99. The summed E-state index contributed by atoms with van der Waals surface area (Å²) in [5.74, 6) is -0.325. The third kappa shape index (κ3) is 4.74. The molecule has 0 saturated carbocycles. The zero-order valence-electron chi connectivity index (χ0n) is 13.0. The van der Waals surface area contributed by atoms with Crippen LogP contribution in [0.3, 0.4) is 0 Å². The second kappa shape index (κ2) is 7.71. The van der Waals surface area contributed by atoms with Crippen LogP contribution in [-0.2, 0) is 17.8 Å². The Morgan fingerprint density at radius 2 is 2.00 bits per heavy atom. The standard InChI is InChI=1S/C17H14FN3O3S/c18-12-5-3-11(4-6-12)16(23)21-17-20-13(10-25-17)8-15(22)19-9-14-2-1-7-24-14/h1-7,10H,8-9H2,(H,19,22)(H,20,21,23). The van der Waals surface area contributed by atoms with E-state index in [2.05, 4.69) is 15.6 Å². The smallest absolute Gasteiger partial charge is 0.257 e. The number of furan rings is 1. The molecule has 0 aliphatic heterocycles. The Hall–Kier alpha value is -3.00. The van der Waals surface area contributed by atoms with Crippen LogP contribution in [0.2, 0.25) is 0 Å². The van der Waals surface area contributed by atoms with E-state index < -0.39 is 5.82 Å². The number of benzene rings is 1. The molecule has 2 heterocycles. The molecule has 0 bridgehead atoms. The quantitative estimate of drug-likeness (QED) is 0.709. The lowest BCUT2D eigenvalue weighted by atomic mass is 10.2. The number of thiazole rings is 1. The number of aromatic nitrogens is 1.